The van der Waals surface area contributed by atoms with E-state index in [1.54, 1.807) is 14.2 Å². The average Bonchev–Trinajstić information content (AvgIpc) is 3.38. The first-order valence-electron chi connectivity index (χ1n) is 10.4. The van der Waals surface area contributed by atoms with Gasteiger partial charge in [0, 0.05) is 32.8 Å². The van der Waals surface area contributed by atoms with Crippen molar-refractivity contribution in [3.63, 3.8) is 0 Å². The molecule has 0 bridgehead atoms. The van der Waals surface area contributed by atoms with Gasteiger partial charge in [0.15, 0.2) is 0 Å². The number of rotatable bonds is 3. The van der Waals surface area contributed by atoms with E-state index in [1.165, 1.54) is 23.5 Å². The first kappa shape index (κ1) is 20.8. The van der Waals surface area contributed by atoms with E-state index in [4.69, 9.17) is 14.5 Å². The lowest BCUT2D eigenvalue weighted by Crippen LogP contribution is -2.04. The number of ether oxygens (including phenoxy) is 2. The number of methoxy groups -OCH3 is 2. The molecule has 3 heterocycles. The summed E-state index contributed by atoms with van der Waals surface area (Å²) < 4.78 is 50.7. The minimum absolute atomic E-state index is 0.677. The van der Waals surface area contributed by atoms with Gasteiger partial charge in [0.1, 0.15) is 21.3 Å². The molecule has 170 valence electrons. The second kappa shape index (κ2) is 7.36. The highest BCUT2D eigenvalue weighted by Crippen LogP contribution is 2.50. The van der Waals surface area contributed by atoms with Crippen LogP contribution >= 0.6 is 11.3 Å². The molecular formula is C26H17F3N2O2S. The smallest absolute Gasteiger partial charge is 0.416 e. The molecule has 4 nitrogen and oxygen atoms in total. The molecule has 0 saturated carbocycles. The lowest BCUT2D eigenvalue weighted by molar-refractivity contribution is -0.137. The number of fused-ring (bicyclic) bond motifs is 6. The SMILES string of the molecule is COc1ccc2nc3sc4[nH]c5ccc(OC)cc5c4c(-c4ccc(C(F)(F)F)cc4)c-3c2c1. The normalized spacial score (nSPS) is 12.3. The summed E-state index contributed by atoms with van der Waals surface area (Å²) in [5.74, 6) is 1.38. The maximum Gasteiger partial charge on any atom is 0.416 e. The largest absolute Gasteiger partial charge is 0.497 e. The second-order valence-electron chi connectivity index (χ2n) is 7.97. The van der Waals surface area contributed by atoms with Gasteiger partial charge in [0.25, 0.3) is 0 Å². The van der Waals surface area contributed by atoms with Gasteiger partial charge in [-0.15, -0.1) is 0 Å². The molecule has 4 aromatic rings. The lowest BCUT2D eigenvalue weighted by atomic mass is 9.95. The Balaban J connectivity index is 1.78. The molecule has 1 N–H and O–H groups in total. The standard InChI is InChI=1S/C26H17F3N2O2S/c1-32-15-7-9-19-17(11-15)22-21(13-3-5-14(6-4-13)26(27,28)29)23-18-12-16(33-2)8-10-20(18)31-25(23)34-24(22)30-19/h3-12,30H,1-2H3. The summed E-state index contributed by atoms with van der Waals surface area (Å²) in [4.78, 5) is 9.17. The highest BCUT2D eigenvalue weighted by Gasteiger charge is 2.31. The van der Waals surface area contributed by atoms with E-state index in [-0.39, 0.29) is 0 Å². The van der Waals surface area contributed by atoms with Crippen molar-refractivity contribution in [3.8, 4) is 33.2 Å². The van der Waals surface area contributed by atoms with Crippen LogP contribution in [-0.4, -0.2) is 24.2 Å². The second-order valence-corrected chi connectivity index (χ2v) is 8.97. The van der Waals surface area contributed by atoms with E-state index in [1.807, 2.05) is 36.4 Å². The molecule has 0 spiro atoms. The van der Waals surface area contributed by atoms with Gasteiger partial charge in [-0.2, -0.15) is 13.2 Å². The van der Waals surface area contributed by atoms with Gasteiger partial charge < -0.3 is 14.5 Å². The van der Waals surface area contributed by atoms with E-state index >= 15 is 0 Å². The zero-order chi connectivity index (χ0) is 23.6. The van der Waals surface area contributed by atoms with Crippen LogP contribution < -0.4 is 9.47 Å². The predicted molar refractivity (Wildman–Crippen MR) is 129 cm³/mol. The Hall–Kier alpha value is -3.78. The molecule has 34 heavy (non-hydrogen) atoms. The first-order valence-corrected chi connectivity index (χ1v) is 11.3. The number of alkyl halides is 3. The Kier molecular flexibility index (Phi) is 4.50. The molecule has 2 aliphatic rings. The zero-order valence-corrected chi connectivity index (χ0v) is 18.9. The summed E-state index contributed by atoms with van der Waals surface area (Å²) in [5.41, 5.74) is 3.42. The van der Waals surface area contributed by atoms with Crippen molar-refractivity contribution >= 4 is 43.4 Å². The molecule has 0 radical (unpaired) electrons. The number of benzene rings is 3. The number of halogens is 3. The fraction of sp³-hybridized carbons (Fsp3) is 0.115. The first-order chi connectivity index (χ1) is 16.4. The summed E-state index contributed by atoms with van der Waals surface area (Å²) in [5, 5.41) is 3.53. The molecule has 3 aromatic carbocycles. The van der Waals surface area contributed by atoms with Crippen LogP contribution in [0.15, 0.2) is 60.7 Å². The van der Waals surface area contributed by atoms with Crippen molar-refractivity contribution in [2.45, 2.75) is 6.18 Å². The number of hydrogen-bond acceptors (Lipinski definition) is 4. The topological polar surface area (TPSA) is 47.1 Å². The van der Waals surface area contributed by atoms with Gasteiger partial charge in [-0.1, -0.05) is 23.5 Å². The monoisotopic (exact) mass is 478 g/mol. The lowest BCUT2D eigenvalue weighted by Gasteiger charge is -2.13. The molecule has 0 saturated heterocycles. The maximum absolute atomic E-state index is 13.3. The molecule has 0 fully saturated rings. The van der Waals surface area contributed by atoms with Crippen molar-refractivity contribution < 1.29 is 22.6 Å². The third kappa shape index (κ3) is 3.09. The fourth-order valence-electron chi connectivity index (χ4n) is 4.47. The zero-order valence-electron chi connectivity index (χ0n) is 18.1. The fourth-order valence-corrected chi connectivity index (χ4v) is 5.60. The van der Waals surface area contributed by atoms with Crippen LogP contribution in [-0.2, 0) is 6.18 Å². The van der Waals surface area contributed by atoms with E-state index < -0.39 is 11.7 Å². The van der Waals surface area contributed by atoms with Crippen molar-refractivity contribution in [2.24, 2.45) is 0 Å². The molecule has 0 atom stereocenters. The van der Waals surface area contributed by atoms with Crippen molar-refractivity contribution in [2.75, 3.05) is 14.2 Å². The quantitative estimate of drug-likeness (QED) is 0.283. The number of hydrogen-bond donors (Lipinski definition) is 1. The van der Waals surface area contributed by atoms with Crippen molar-refractivity contribution in [1.29, 1.82) is 0 Å². The number of H-pyrrole nitrogens is 1. The van der Waals surface area contributed by atoms with Crippen LogP contribution in [0.2, 0.25) is 0 Å². The van der Waals surface area contributed by atoms with Crippen LogP contribution in [0.5, 0.6) is 11.5 Å². The summed E-state index contributed by atoms with van der Waals surface area (Å²) >= 11 is 1.52. The van der Waals surface area contributed by atoms with E-state index in [0.29, 0.717) is 17.1 Å². The molecule has 6 rings (SSSR count). The van der Waals surface area contributed by atoms with Gasteiger partial charge in [-0.3, -0.25) is 0 Å². The molecule has 0 unspecified atom stereocenters. The van der Waals surface area contributed by atoms with Crippen LogP contribution in [0.1, 0.15) is 5.56 Å². The summed E-state index contributed by atoms with van der Waals surface area (Å²) in [6, 6.07) is 16.7. The number of nitrogens with zero attached hydrogens (tertiary/aromatic N) is 1. The number of aromatic amines is 1. The van der Waals surface area contributed by atoms with Gasteiger partial charge in [-0.05, 0) is 54.1 Å². The third-order valence-electron chi connectivity index (χ3n) is 6.08. The summed E-state index contributed by atoms with van der Waals surface area (Å²) in [6.45, 7) is 0. The van der Waals surface area contributed by atoms with Gasteiger partial charge in [-0.25, -0.2) is 4.98 Å². The van der Waals surface area contributed by atoms with Crippen molar-refractivity contribution in [1.82, 2.24) is 9.97 Å². The van der Waals surface area contributed by atoms with Crippen LogP contribution in [0.4, 0.5) is 13.2 Å². The summed E-state index contributed by atoms with van der Waals surface area (Å²) in [6.07, 6.45) is -4.40. The predicted octanol–water partition coefficient (Wildman–Crippen LogP) is 7.74. The highest BCUT2D eigenvalue weighted by atomic mass is 32.1. The average molecular weight is 478 g/mol. The molecule has 0 aliphatic carbocycles. The van der Waals surface area contributed by atoms with Crippen LogP contribution in [0.3, 0.4) is 0 Å². The Morgan fingerprint density at radius 2 is 1.50 bits per heavy atom. The van der Waals surface area contributed by atoms with Crippen LogP contribution in [0, 0.1) is 0 Å². The van der Waals surface area contributed by atoms with Gasteiger partial charge >= 0.3 is 6.18 Å². The molecule has 0 amide bonds. The third-order valence-corrected chi connectivity index (χ3v) is 7.08. The van der Waals surface area contributed by atoms with Gasteiger partial charge in [0.05, 0.1) is 25.3 Å². The van der Waals surface area contributed by atoms with Crippen molar-refractivity contribution in [3.05, 3.63) is 66.2 Å². The van der Waals surface area contributed by atoms with Crippen LogP contribution in [0.25, 0.3) is 53.7 Å². The molecular weight excluding hydrogens is 461 g/mol. The van der Waals surface area contributed by atoms with E-state index in [2.05, 4.69) is 4.98 Å². The summed E-state index contributed by atoms with van der Waals surface area (Å²) in [7, 11) is 3.21. The molecule has 1 aromatic heterocycles. The van der Waals surface area contributed by atoms with E-state index in [0.717, 1.165) is 60.3 Å². The Labute approximate surface area is 195 Å². The number of aromatic nitrogens is 2. The minimum Gasteiger partial charge on any atom is -0.497 e. The Bertz CT molecular complexity index is 1660. The molecule has 8 heteroatoms. The Morgan fingerprint density at radius 1 is 0.824 bits per heavy atom. The Morgan fingerprint density at radius 3 is 2.18 bits per heavy atom. The maximum atomic E-state index is 13.3. The minimum atomic E-state index is -4.40. The highest BCUT2D eigenvalue weighted by molar-refractivity contribution is 7.21. The van der Waals surface area contributed by atoms with E-state index in [9.17, 15) is 13.2 Å². The molecule has 2 aliphatic heterocycles. The number of nitrogens with one attached hydrogen (secondary N) is 1. The van der Waals surface area contributed by atoms with Gasteiger partial charge in [0.2, 0.25) is 0 Å².